The molecule has 1 aromatic heterocycles. The Morgan fingerprint density at radius 2 is 2.08 bits per heavy atom. The molecule has 0 bridgehead atoms. The van der Waals surface area contributed by atoms with Gasteiger partial charge in [0.1, 0.15) is 11.0 Å². The van der Waals surface area contributed by atoms with Crippen molar-refractivity contribution in [2.45, 2.75) is 12.5 Å². The molecule has 0 radical (unpaired) electrons. The third-order valence-corrected chi connectivity index (χ3v) is 3.63. The Kier molecular flexibility index (Phi) is 4.90. The van der Waals surface area contributed by atoms with E-state index in [1.54, 1.807) is 12.1 Å². The standard InChI is InChI=1S/C16H12ClFN4O3/c17-14-5-4-10(8-19-14)15(23)20-21-16(24)13-7-12(22-25-13)9-2-1-3-11(18)6-9/h1-6,8,13H,7H2,(H,20,23)(H,21,24). The molecule has 3 rings (SSSR count). The van der Waals surface area contributed by atoms with Gasteiger partial charge in [-0.3, -0.25) is 20.4 Å². The molecule has 2 N–H and O–H groups in total. The van der Waals surface area contributed by atoms with E-state index < -0.39 is 23.7 Å². The van der Waals surface area contributed by atoms with Crippen LogP contribution >= 0.6 is 11.6 Å². The number of amides is 2. The summed E-state index contributed by atoms with van der Waals surface area (Å²) in [5, 5.41) is 4.05. The third-order valence-electron chi connectivity index (χ3n) is 3.41. The number of halogens is 2. The van der Waals surface area contributed by atoms with Crippen molar-refractivity contribution < 1.29 is 18.8 Å². The Labute approximate surface area is 146 Å². The first kappa shape index (κ1) is 16.8. The van der Waals surface area contributed by atoms with E-state index in [0.29, 0.717) is 11.3 Å². The summed E-state index contributed by atoms with van der Waals surface area (Å²) in [7, 11) is 0. The van der Waals surface area contributed by atoms with Crippen molar-refractivity contribution in [3.8, 4) is 0 Å². The fourth-order valence-corrected chi connectivity index (χ4v) is 2.25. The molecule has 0 saturated heterocycles. The average molecular weight is 363 g/mol. The summed E-state index contributed by atoms with van der Waals surface area (Å²) in [6.07, 6.45) is 0.524. The maximum atomic E-state index is 13.2. The molecule has 1 atom stereocenters. The van der Waals surface area contributed by atoms with Gasteiger partial charge in [0.05, 0.1) is 11.3 Å². The van der Waals surface area contributed by atoms with Crippen LogP contribution in [0.1, 0.15) is 22.3 Å². The highest BCUT2D eigenvalue weighted by Crippen LogP contribution is 2.17. The Hall–Kier alpha value is -3.00. The van der Waals surface area contributed by atoms with Crippen molar-refractivity contribution >= 4 is 29.1 Å². The van der Waals surface area contributed by atoms with E-state index in [0.717, 1.165) is 0 Å². The van der Waals surface area contributed by atoms with E-state index >= 15 is 0 Å². The van der Waals surface area contributed by atoms with Gasteiger partial charge in [0, 0.05) is 18.2 Å². The highest BCUT2D eigenvalue weighted by Gasteiger charge is 2.29. The lowest BCUT2D eigenvalue weighted by atomic mass is 10.0. The lowest BCUT2D eigenvalue weighted by Gasteiger charge is -2.10. The molecule has 0 spiro atoms. The van der Waals surface area contributed by atoms with Gasteiger partial charge in [-0.05, 0) is 24.3 Å². The Bertz CT molecular complexity index is 842. The first-order chi connectivity index (χ1) is 12.0. The molecule has 9 heteroatoms. The smallest absolute Gasteiger partial charge is 0.282 e. The number of carbonyl (C=O) groups excluding carboxylic acids is 2. The van der Waals surface area contributed by atoms with Crippen LogP contribution in [-0.4, -0.2) is 28.6 Å². The van der Waals surface area contributed by atoms with Gasteiger partial charge in [-0.2, -0.15) is 0 Å². The molecule has 128 valence electrons. The van der Waals surface area contributed by atoms with Gasteiger partial charge in [-0.15, -0.1) is 0 Å². The zero-order valence-corrected chi connectivity index (χ0v) is 13.5. The van der Waals surface area contributed by atoms with Crippen LogP contribution in [0.4, 0.5) is 4.39 Å². The normalized spacial score (nSPS) is 15.9. The first-order valence-corrected chi connectivity index (χ1v) is 7.61. The van der Waals surface area contributed by atoms with Crippen LogP contribution in [-0.2, 0) is 9.63 Å². The van der Waals surface area contributed by atoms with Gasteiger partial charge in [-0.1, -0.05) is 28.9 Å². The molecular formula is C16H12ClFN4O3. The van der Waals surface area contributed by atoms with Crippen molar-refractivity contribution in [3.63, 3.8) is 0 Å². The molecule has 0 aliphatic carbocycles. The minimum absolute atomic E-state index is 0.160. The molecule has 1 aliphatic heterocycles. The molecule has 0 saturated carbocycles. The topological polar surface area (TPSA) is 92.7 Å². The summed E-state index contributed by atoms with van der Waals surface area (Å²) in [4.78, 5) is 32.7. The van der Waals surface area contributed by atoms with Crippen molar-refractivity contribution in [1.29, 1.82) is 0 Å². The molecule has 7 nitrogen and oxygen atoms in total. The molecule has 0 fully saturated rings. The molecule has 2 heterocycles. The van der Waals surface area contributed by atoms with E-state index in [1.807, 2.05) is 0 Å². The molecule has 2 amide bonds. The van der Waals surface area contributed by atoms with Crippen LogP contribution in [0.15, 0.2) is 47.8 Å². The van der Waals surface area contributed by atoms with Crippen LogP contribution in [0.3, 0.4) is 0 Å². The Morgan fingerprint density at radius 1 is 1.24 bits per heavy atom. The van der Waals surface area contributed by atoms with Gasteiger partial charge in [0.2, 0.25) is 6.10 Å². The second kappa shape index (κ2) is 7.27. The molecule has 1 aromatic carbocycles. The number of hydrogen-bond donors (Lipinski definition) is 2. The Balaban J connectivity index is 1.53. The van der Waals surface area contributed by atoms with Crippen molar-refractivity contribution in [3.05, 3.63) is 64.7 Å². The van der Waals surface area contributed by atoms with Crippen LogP contribution < -0.4 is 10.9 Å². The summed E-state index contributed by atoms with van der Waals surface area (Å²) < 4.78 is 13.2. The van der Waals surface area contributed by atoms with Crippen molar-refractivity contribution in [2.75, 3.05) is 0 Å². The highest BCUT2D eigenvalue weighted by molar-refractivity contribution is 6.29. The van der Waals surface area contributed by atoms with E-state index in [1.165, 1.54) is 30.5 Å². The van der Waals surface area contributed by atoms with Gasteiger partial charge in [0.25, 0.3) is 11.8 Å². The number of aromatic nitrogens is 1. The Morgan fingerprint density at radius 3 is 2.80 bits per heavy atom. The number of oxime groups is 1. The maximum absolute atomic E-state index is 13.2. The van der Waals surface area contributed by atoms with E-state index in [-0.39, 0.29) is 17.1 Å². The first-order valence-electron chi connectivity index (χ1n) is 7.23. The zero-order valence-electron chi connectivity index (χ0n) is 12.7. The number of carbonyl (C=O) groups is 2. The van der Waals surface area contributed by atoms with Gasteiger partial charge >= 0.3 is 0 Å². The second-order valence-corrected chi connectivity index (χ2v) is 5.55. The number of nitrogens with zero attached hydrogens (tertiary/aromatic N) is 2. The van der Waals surface area contributed by atoms with Gasteiger partial charge in [-0.25, -0.2) is 9.37 Å². The number of nitrogens with one attached hydrogen (secondary N) is 2. The summed E-state index contributed by atoms with van der Waals surface area (Å²) in [5.41, 5.74) is 5.71. The molecular weight excluding hydrogens is 351 g/mol. The molecule has 1 aliphatic rings. The number of benzene rings is 1. The van der Waals surface area contributed by atoms with Crippen molar-refractivity contribution in [2.24, 2.45) is 5.16 Å². The number of rotatable bonds is 3. The fourth-order valence-electron chi connectivity index (χ4n) is 2.14. The van der Waals surface area contributed by atoms with Crippen molar-refractivity contribution in [1.82, 2.24) is 15.8 Å². The summed E-state index contributed by atoms with van der Waals surface area (Å²) >= 11 is 5.64. The lowest BCUT2D eigenvalue weighted by Crippen LogP contribution is -2.46. The zero-order chi connectivity index (χ0) is 17.8. The van der Waals surface area contributed by atoms with Crippen LogP contribution in [0.25, 0.3) is 0 Å². The molecule has 25 heavy (non-hydrogen) atoms. The summed E-state index contributed by atoms with van der Waals surface area (Å²) in [6.45, 7) is 0. The number of pyridine rings is 1. The maximum Gasteiger partial charge on any atom is 0.282 e. The molecule has 1 unspecified atom stereocenters. The number of hydrazine groups is 1. The van der Waals surface area contributed by atoms with Crippen LogP contribution in [0.2, 0.25) is 5.15 Å². The monoisotopic (exact) mass is 362 g/mol. The highest BCUT2D eigenvalue weighted by atomic mass is 35.5. The minimum atomic E-state index is -0.915. The van der Waals surface area contributed by atoms with E-state index in [9.17, 15) is 14.0 Å². The molecule has 2 aromatic rings. The van der Waals surface area contributed by atoms with E-state index in [2.05, 4.69) is 21.0 Å². The predicted octanol–water partition coefficient (Wildman–Crippen LogP) is 1.83. The van der Waals surface area contributed by atoms with Crippen LogP contribution in [0, 0.1) is 5.82 Å². The largest absolute Gasteiger partial charge is 0.382 e. The predicted molar refractivity (Wildman–Crippen MR) is 87.3 cm³/mol. The minimum Gasteiger partial charge on any atom is -0.382 e. The fraction of sp³-hybridized carbons (Fsp3) is 0.125. The summed E-state index contributed by atoms with van der Waals surface area (Å²) in [5.74, 6) is -1.54. The quantitative estimate of drug-likeness (QED) is 0.643. The van der Waals surface area contributed by atoms with E-state index in [4.69, 9.17) is 16.4 Å². The van der Waals surface area contributed by atoms with Gasteiger partial charge < -0.3 is 4.84 Å². The SMILES string of the molecule is O=C(NNC(=O)C1CC(c2cccc(F)c2)=NO1)c1ccc(Cl)nc1. The van der Waals surface area contributed by atoms with Crippen LogP contribution in [0.5, 0.6) is 0 Å². The third kappa shape index (κ3) is 4.10. The summed E-state index contributed by atoms with van der Waals surface area (Å²) in [6, 6.07) is 8.75. The average Bonchev–Trinajstić information content (AvgIpc) is 3.10. The number of hydrogen-bond acceptors (Lipinski definition) is 5. The van der Waals surface area contributed by atoms with Gasteiger partial charge in [0.15, 0.2) is 0 Å². The second-order valence-electron chi connectivity index (χ2n) is 5.16. The lowest BCUT2D eigenvalue weighted by molar-refractivity contribution is -0.131.